The number of anilines is 1. The molecule has 3 unspecified atom stereocenters. The zero-order valence-corrected chi connectivity index (χ0v) is 16.4. The first-order chi connectivity index (χ1) is 13.7. The van der Waals surface area contributed by atoms with Crippen LogP contribution in [0, 0.1) is 6.92 Å². The van der Waals surface area contributed by atoms with Gasteiger partial charge in [-0.25, -0.2) is 9.00 Å². The third-order valence-corrected chi connectivity index (χ3v) is 5.46. The molecule has 2 heterocycles. The van der Waals surface area contributed by atoms with Crippen LogP contribution in [0.5, 0.6) is 5.75 Å². The average Bonchev–Trinajstić information content (AvgIpc) is 3.05. The molecule has 3 atom stereocenters. The van der Waals surface area contributed by atoms with Crippen LogP contribution in [0.4, 0.5) is 10.5 Å². The SMILES string of the molecule is COC(=O)Oc1c(C)ccc2c1NC(S(=O)O)C1CC(/C=C/C(N)=O)=CN1C2=O. The molecule has 154 valence electrons. The first kappa shape index (κ1) is 20.6. The van der Waals surface area contributed by atoms with Gasteiger partial charge in [0.1, 0.15) is 5.37 Å². The number of ether oxygens (including phenoxy) is 2. The number of carbonyl (C=O) groups excluding carboxylic acids is 3. The molecule has 0 spiro atoms. The zero-order valence-electron chi connectivity index (χ0n) is 15.6. The number of nitrogens with two attached hydrogens (primary N) is 1. The highest BCUT2D eigenvalue weighted by Crippen LogP contribution is 2.40. The number of aryl methyl sites for hydroxylation is 1. The van der Waals surface area contributed by atoms with Gasteiger partial charge in [-0.2, -0.15) is 0 Å². The Balaban J connectivity index is 2.10. The Labute approximate surface area is 168 Å². The predicted octanol–water partition coefficient (Wildman–Crippen LogP) is 1.25. The molecule has 4 N–H and O–H groups in total. The number of rotatable bonds is 4. The van der Waals surface area contributed by atoms with Gasteiger partial charge >= 0.3 is 6.16 Å². The van der Waals surface area contributed by atoms with Crippen molar-refractivity contribution in [1.82, 2.24) is 4.90 Å². The summed E-state index contributed by atoms with van der Waals surface area (Å²) in [6.07, 6.45) is 3.36. The predicted molar refractivity (Wildman–Crippen MR) is 103 cm³/mol. The van der Waals surface area contributed by atoms with Gasteiger partial charge in [0.2, 0.25) is 5.91 Å². The van der Waals surface area contributed by atoms with Crippen LogP contribution in [0.2, 0.25) is 0 Å². The lowest BCUT2D eigenvalue weighted by atomic mass is 10.1. The third-order valence-electron chi connectivity index (χ3n) is 4.59. The second-order valence-corrected chi connectivity index (χ2v) is 7.52. The minimum Gasteiger partial charge on any atom is -0.437 e. The van der Waals surface area contributed by atoms with Crippen LogP contribution < -0.4 is 15.8 Å². The molecule has 3 rings (SSSR count). The first-order valence-corrected chi connectivity index (χ1v) is 9.66. The van der Waals surface area contributed by atoms with Crippen LogP contribution in [0.3, 0.4) is 0 Å². The topological polar surface area (TPSA) is 148 Å². The summed E-state index contributed by atoms with van der Waals surface area (Å²) in [6.45, 7) is 1.66. The number of methoxy groups -OCH3 is 1. The van der Waals surface area contributed by atoms with Crippen molar-refractivity contribution in [3.8, 4) is 5.75 Å². The standard InChI is InChI=1S/C18H19N3O7S/c1-9-3-5-11-14(15(9)28-18(24)27-2)20-16(29(25)26)12-7-10(4-6-13(19)22)8-21(12)17(11)23/h3-6,8,12,16,20H,7H2,1-2H3,(H2,19,22)(H,25,26)/b6-4+. The van der Waals surface area contributed by atoms with E-state index in [2.05, 4.69) is 10.1 Å². The van der Waals surface area contributed by atoms with Crippen LogP contribution in [0.1, 0.15) is 22.3 Å². The van der Waals surface area contributed by atoms with Crippen molar-refractivity contribution in [2.75, 3.05) is 12.4 Å². The van der Waals surface area contributed by atoms with Crippen LogP contribution in [0.25, 0.3) is 0 Å². The Kier molecular flexibility index (Phi) is 5.71. The highest BCUT2D eigenvalue weighted by Gasteiger charge is 2.42. The average molecular weight is 421 g/mol. The van der Waals surface area contributed by atoms with E-state index >= 15 is 0 Å². The number of primary amides is 1. The number of benzene rings is 1. The van der Waals surface area contributed by atoms with Gasteiger partial charge in [-0.05, 0) is 30.5 Å². The highest BCUT2D eigenvalue weighted by atomic mass is 32.2. The summed E-state index contributed by atoms with van der Waals surface area (Å²) in [7, 11) is 1.14. The summed E-state index contributed by atoms with van der Waals surface area (Å²) in [6, 6.07) is 2.42. The monoisotopic (exact) mass is 421 g/mol. The number of hydrogen-bond donors (Lipinski definition) is 3. The van der Waals surface area contributed by atoms with Crippen molar-refractivity contribution in [3.63, 3.8) is 0 Å². The smallest absolute Gasteiger partial charge is 0.437 e. The van der Waals surface area contributed by atoms with Gasteiger partial charge in [-0.15, -0.1) is 0 Å². The Bertz CT molecular complexity index is 972. The quantitative estimate of drug-likeness (QED) is 0.285. The number of amides is 2. The summed E-state index contributed by atoms with van der Waals surface area (Å²) in [5, 5.41) is 1.81. The van der Waals surface area contributed by atoms with Gasteiger partial charge in [0.25, 0.3) is 5.91 Å². The molecule has 0 aromatic heterocycles. The van der Waals surface area contributed by atoms with E-state index in [1.54, 1.807) is 13.0 Å². The molecule has 1 aromatic carbocycles. The van der Waals surface area contributed by atoms with E-state index in [-0.39, 0.29) is 23.4 Å². The Morgan fingerprint density at radius 3 is 2.76 bits per heavy atom. The lowest BCUT2D eigenvalue weighted by Crippen LogP contribution is -2.44. The number of nitrogens with zero attached hydrogens (tertiary/aromatic N) is 1. The molecule has 29 heavy (non-hydrogen) atoms. The number of fused-ring (bicyclic) bond motifs is 2. The zero-order chi connectivity index (χ0) is 21.3. The number of hydrogen-bond acceptors (Lipinski definition) is 7. The molecule has 0 aliphatic carbocycles. The summed E-state index contributed by atoms with van der Waals surface area (Å²) in [5.41, 5.74) is 6.52. The number of carbonyl (C=O) groups is 3. The van der Waals surface area contributed by atoms with Gasteiger partial charge in [0.15, 0.2) is 16.8 Å². The maximum Gasteiger partial charge on any atom is 0.513 e. The van der Waals surface area contributed by atoms with E-state index in [0.717, 1.165) is 13.2 Å². The first-order valence-electron chi connectivity index (χ1n) is 8.49. The van der Waals surface area contributed by atoms with Gasteiger partial charge in [-0.1, -0.05) is 12.1 Å². The number of allylic oxidation sites excluding steroid dienone is 1. The summed E-state index contributed by atoms with van der Waals surface area (Å²) in [4.78, 5) is 37.1. The molecular formula is C18H19N3O7S. The van der Waals surface area contributed by atoms with E-state index < -0.39 is 40.5 Å². The van der Waals surface area contributed by atoms with Crippen LogP contribution in [-0.4, -0.2) is 50.2 Å². The second-order valence-electron chi connectivity index (χ2n) is 6.46. The Morgan fingerprint density at radius 1 is 1.41 bits per heavy atom. The maximum absolute atomic E-state index is 13.2. The number of nitrogens with one attached hydrogen (secondary N) is 1. The molecule has 11 heteroatoms. The van der Waals surface area contributed by atoms with Gasteiger partial charge in [0.05, 0.1) is 24.4 Å². The van der Waals surface area contributed by atoms with E-state index in [9.17, 15) is 23.1 Å². The van der Waals surface area contributed by atoms with E-state index in [0.29, 0.717) is 11.1 Å². The fourth-order valence-corrected chi connectivity index (χ4v) is 3.97. The van der Waals surface area contributed by atoms with Crippen molar-refractivity contribution in [2.24, 2.45) is 5.73 Å². The highest BCUT2D eigenvalue weighted by molar-refractivity contribution is 7.80. The minimum absolute atomic E-state index is 0.0390. The molecular weight excluding hydrogens is 402 g/mol. The van der Waals surface area contributed by atoms with E-state index in [1.807, 2.05) is 0 Å². The molecule has 0 radical (unpaired) electrons. The van der Waals surface area contributed by atoms with Crippen molar-refractivity contribution in [2.45, 2.75) is 24.8 Å². The van der Waals surface area contributed by atoms with Crippen molar-refractivity contribution in [1.29, 1.82) is 0 Å². The molecule has 0 saturated carbocycles. The Hall–Kier alpha value is -3.18. The maximum atomic E-state index is 13.2. The molecule has 10 nitrogen and oxygen atoms in total. The fraction of sp³-hybridized carbons (Fsp3) is 0.278. The Morgan fingerprint density at radius 2 is 2.14 bits per heavy atom. The lowest BCUT2D eigenvalue weighted by molar-refractivity contribution is -0.113. The van der Waals surface area contributed by atoms with Gasteiger partial charge < -0.3 is 30.0 Å². The molecule has 2 aliphatic rings. The summed E-state index contributed by atoms with van der Waals surface area (Å²) in [5.74, 6) is -1.06. The second kappa shape index (κ2) is 8.05. The van der Waals surface area contributed by atoms with Gasteiger partial charge in [-0.3, -0.25) is 9.59 Å². The van der Waals surface area contributed by atoms with E-state index in [1.165, 1.54) is 23.2 Å². The van der Waals surface area contributed by atoms with Crippen LogP contribution in [-0.2, 0) is 20.6 Å². The van der Waals surface area contributed by atoms with Crippen molar-refractivity contribution in [3.05, 3.63) is 47.2 Å². The molecule has 0 fully saturated rings. The summed E-state index contributed by atoms with van der Waals surface area (Å²) >= 11 is -2.38. The fourth-order valence-electron chi connectivity index (χ4n) is 3.26. The van der Waals surface area contributed by atoms with E-state index in [4.69, 9.17) is 10.5 Å². The molecule has 0 bridgehead atoms. The van der Waals surface area contributed by atoms with Crippen LogP contribution in [0.15, 0.2) is 36.1 Å². The van der Waals surface area contributed by atoms with Crippen molar-refractivity contribution >= 4 is 34.7 Å². The third kappa shape index (κ3) is 4.00. The van der Waals surface area contributed by atoms with Crippen LogP contribution >= 0.6 is 0 Å². The molecule has 2 amide bonds. The minimum atomic E-state index is -2.38. The van der Waals surface area contributed by atoms with Gasteiger partial charge in [0, 0.05) is 12.3 Å². The lowest BCUT2D eigenvalue weighted by Gasteiger charge is -2.26. The molecule has 2 aliphatic heterocycles. The molecule has 1 aromatic rings. The normalized spacial score (nSPS) is 21.6. The molecule has 0 saturated heterocycles. The largest absolute Gasteiger partial charge is 0.513 e. The summed E-state index contributed by atoms with van der Waals surface area (Å²) < 4.78 is 31.7. The van der Waals surface area contributed by atoms with Crippen molar-refractivity contribution < 1.29 is 32.6 Å².